The minimum absolute atomic E-state index is 0.0931. The van der Waals surface area contributed by atoms with E-state index < -0.39 is 29.6 Å². The van der Waals surface area contributed by atoms with Crippen LogP contribution in [0.15, 0.2) is 61.2 Å². The van der Waals surface area contributed by atoms with Crippen LogP contribution < -0.4 is 5.32 Å². The second kappa shape index (κ2) is 10.3. The van der Waals surface area contributed by atoms with Gasteiger partial charge in [-0.3, -0.25) is 4.79 Å². The van der Waals surface area contributed by atoms with Crippen LogP contribution in [0.25, 0.3) is 11.1 Å². The number of aliphatic carboxylic acids is 1. The zero-order chi connectivity index (χ0) is 25.0. The third-order valence-corrected chi connectivity index (χ3v) is 7.15. The molecule has 2 amide bonds. The van der Waals surface area contributed by atoms with E-state index in [0.29, 0.717) is 32.2 Å². The number of carboxylic acid groups (broad SMARTS) is 1. The number of carbonyl (C=O) groups excluding carboxylic acids is 2. The third-order valence-electron chi connectivity index (χ3n) is 7.15. The van der Waals surface area contributed by atoms with Crippen molar-refractivity contribution in [2.45, 2.75) is 56.5 Å². The second-order valence-electron chi connectivity index (χ2n) is 9.23. The number of ether oxygens (including phenoxy) is 1. The second-order valence-corrected chi connectivity index (χ2v) is 9.23. The van der Waals surface area contributed by atoms with Gasteiger partial charge in [0, 0.05) is 12.5 Å². The molecule has 1 aliphatic heterocycles. The Kier molecular flexibility index (Phi) is 7.24. The van der Waals surface area contributed by atoms with Crippen LogP contribution in [-0.2, 0) is 14.3 Å². The fraction of sp³-hybridized carbons (Fsp3) is 0.393. The summed E-state index contributed by atoms with van der Waals surface area (Å²) in [7, 11) is 0. The van der Waals surface area contributed by atoms with E-state index in [4.69, 9.17) is 4.74 Å². The Morgan fingerprint density at radius 3 is 2.37 bits per heavy atom. The summed E-state index contributed by atoms with van der Waals surface area (Å²) in [4.78, 5) is 39.8. The number of carbonyl (C=O) groups is 3. The van der Waals surface area contributed by atoms with Gasteiger partial charge in [0.05, 0.1) is 0 Å². The summed E-state index contributed by atoms with van der Waals surface area (Å²) in [6.07, 6.45) is 3.06. The summed E-state index contributed by atoms with van der Waals surface area (Å²) in [5.41, 5.74) is 3.23. The van der Waals surface area contributed by atoms with Gasteiger partial charge in [0.1, 0.15) is 18.2 Å². The molecule has 2 unspecified atom stereocenters. The monoisotopic (exact) mass is 476 g/mol. The number of amides is 2. The van der Waals surface area contributed by atoms with Crippen molar-refractivity contribution in [3.8, 4) is 11.1 Å². The maximum absolute atomic E-state index is 13.4. The highest BCUT2D eigenvalue weighted by atomic mass is 16.5. The smallest absolute Gasteiger partial charge is 0.407 e. The summed E-state index contributed by atoms with van der Waals surface area (Å²) in [5, 5.41) is 12.6. The molecule has 7 nitrogen and oxygen atoms in total. The van der Waals surface area contributed by atoms with E-state index in [9.17, 15) is 19.5 Å². The molecule has 4 rings (SSSR count). The van der Waals surface area contributed by atoms with E-state index in [2.05, 4.69) is 24.0 Å². The van der Waals surface area contributed by atoms with Crippen molar-refractivity contribution in [2.24, 2.45) is 0 Å². The number of alkyl carbamates (subject to hydrolysis) is 1. The van der Waals surface area contributed by atoms with Crippen molar-refractivity contribution in [1.29, 1.82) is 0 Å². The zero-order valence-corrected chi connectivity index (χ0v) is 20.0. The first kappa shape index (κ1) is 24.5. The van der Waals surface area contributed by atoms with E-state index in [1.54, 1.807) is 6.08 Å². The van der Waals surface area contributed by atoms with Crippen LogP contribution in [0, 0.1) is 0 Å². The van der Waals surface area contributed by atoms with E-state index in [0.717, 1.165) is 22.3 Å². The lowest BCUT2D eigenvalue weighted by atomic mass is 9.90. The highest BCUT2D eigenvalue weighted by Crippen LogP contribution is 2.44. The Bertz CT molecular complexity index is 1080. The lowest BCUT2D eigenvalue weighted by Gasteiger charge is -2.36. The van der Waals surface area contributed by atoms with Gasteiger partial charge in [-0.2, -0.15) is 0 Å². The van der Waals surface area contributed by atoms with E-state index in [1.807, 2.05) is 43.3 Å². The van der Waals surface area contributed by atoms with E-state index in [1.165, 1.54) is 4.90 Å². The highest BCUT2D eigenvalue weighted by Gasteiger charge is 2.50. The lowest BCUT2D eigenvalue weighted by molar-refractivity contribution is -0.157. The van der Waals surface area contributed by atoms with Crippen LogP contribution in [0.2, 0.25) is 0 Å². The number of nitrogens with zero attached hydrogens (tertiary/aromatic N) is 1. The number of hydrogen-bond donors (Lipinski definition) is 2. The normalized spacial score (nSPS) is 19.5. The van der Waals surface area contributed by atoms with Gasteiger partial charge in [-0.05, 0) is 47.9 Å². The summed E-state index contributed by atoms with van der Waals surface area (Å²) < 4.78 is 5.60. The van der Waals surface area contributed by atoms with Gasteiger partial charge in [-0.15, -0.1) is 6.58 Å². The SMILES string of the molecule is C=CCC(NC(=O)OCC1c2ccccc2-c2ccccc21)C(=O)N1CCCC1(CCC)C(=O)O. The molecule has 35 heavy (non-hydrogen) atoms. The number of hydrogen-bond acceptors (Lipinski definition) is 4. The average molecular weight is 477 g/mol. The molecule has 0 aromatic heterocycles. The van der Waals surface area contributed by atoms with Gasteiger partial charge in [-0.1, -0.05) is 68.0 Å². The Balaban J connectivity index is 1.46. The minimum Gasteiger partial charge on any atom is -0.479 e. The molecule has 0 saturated carbocycles. The molecule has 2 aromatic carbocycles. The minimum atomic E-state index is -1.23. The largest absolute Gasteiger partial charge is 0.479 e. The third kappa shape index (κ3) is 4.55. The van der Waals surface area contributed by atoms with Crippen molar-refractivity contribution in [3.63, 3.8) is 0 Å². The Morgan fingerprint density at radius 1 is 1.17 bits per heavy atom. The zero-order valence-electron chi connectivity index (χ0n) is 20.0. The van der Waals surface area contributed by atoms with Gasteiger partial charge in [0.25, 0.3) is 0 Å². The average Bonchev–Trinajstić information content (AvgIpc) is 3.42. The molecule has 1 saturated heterocycles. The first-order chi connectivity index (χ1) is 16.9. The summed E-state index contributed by atoms with van der Waals surface area (Å²) in [6.45, 7) is 6.09. The van der Waals surface area contributed by atoms with Crippen LogP contribution in [-0.4, -0.2) is 52.7 Å². The molecule has 0 radical (unpaired) electrons. The Labute approximate surface area is 205 Å². The molecular weight excluding hydrogens is 444 g/mol. The molecule has 7 heteroatoms. The van der Waals surface area contributed by atoms with Crippen molar-refractivity contribution in [3.05, 3.63) is 72.3 Å². The number of carboxylic acids is 1. The molecule has 1 heterocycles. The van der Waals surface area contributed by atoms with E-state index in [-0.39, 0.29) is 18.9 Å². The first-order valence-electron chi connectivity index (χ1n) is 12.2. The number of rotatable bonds is 9. The van der Waals surface area contributed by atoms with Gasteiger partial charge >= 0.3 is 12.1 Å². The molecule has 184 valence electrons. The molecule has 2 atom stereocenters. The topological polar surface area (TPSA) is 95.9 Å². The fourth-order valence-corrected chi connectivity index (χ4v) is 5.56. The summed E-state index contributed by atoms with van der Waals surface area (Å²) in [6, 6.07) is 15.2. The molecule has 2 aliphatic rings. The summed E-state index contributed by atoms with van der Waals surface area (Å²) >= 11 is 0. The molecule has 0 spiro atoms. The van der Waals surface area contributed by atoms with Crippen molar-refractivity contribution >= 4 is 18.0 Å². The molecule has 1 aliphatic carbocycles. The highest BCUT2D eigenvalue weighted by molar-refractivity contribution is 5.92. The Morgan fingerprint density at radius 2 is 1.80 bits per heavy atom. The predicted octanol–water partition coefficient (Wildman–Crippen LogP) is 4.72. The van der Waals surface area contributed by atoms with Crippen LogP contribution in [0.3, 0.4) is 0 Å². The molecule has 2 N–H and O–H groups in total. The number of likely N-dealkylation sites (tertiary alicyclic amines) is 1. The molecule has 1 fully saturated rings. The maximum Gasteiger partial charge on any atom is 0.407 e. The van der Waals surface area contributed by atoms with Crippen LogP contribution in [0.4, 0.5) is 4.79 Å². The number of nitrogens with one attached hydrogen (secondary N) is 1. The van der Waals surface area contributed by atoms with Crippen molar-refractivity contribution in [1.82, 2.24) is 10.2 Å². The number of benzene rings is 2. The molecule has 2 aromatic rings. The van der Waals surface area contributed by atoms with E-state index >= 15 is 0 Å². The van der Waals surface area contributed by atoms with Crippen LogP contribution >= 0.6 is 0 Å². The predicted molar refractivity (Wildman–Crippen MR) is 133 cm³/mol. The van der Waals surface area contributed by atoms with Gasteiger partial charge in [0.15, 0.2) is 0 Å². The van der Waals surface area contributed by atoms with Gasteiger partial charge < -0.3 is 20.1 Å². The van der Waals surface area contributed by atoms with Gasteiger partial charge in [-0.25, -0.2) is 9.59 Å². The standard InChI is InChI=1S/C28H32N2O5/c1-3-10-24(25(31)30-17-9-16-28(30,15-4-2)26(32)33)29-27(34)35-18-23-21-13-7-5-11-19(21)20-12-6-8-14-22(20)23/h3,5-8,11-14,23-24H,1,4,9-10,15-18H2,2H3,(H,29,34)(H,32,33). The number of fused-ring (bicyclic) bond motifs is 3. The summed E-state index contributed by atoms with van der Waals surface area (Å²) in [5.74, 6) is -1.50. The van der Waals surface area contributed by atoms with Crippen molar-refractivity contribution < 1.29 is 24.2 Å². The molecular formula is C28H32N2O5. The van der Waals surface area contributed by atoms with Crippen molar-refractivity contribution in [2.75, 3.05) is 13.2 Å². The van der Waals surface area contributed by atoms with Gasteiger partial charge in [0.2, 0.25) is 5.91 Å². The first-order valence-corrected chi connectivity index (χ1v) is 12.2. The molecule has 0 bridgehead atoms. The fourth-order valence-electron chi connectivity index (χ4n) is 5.56. The van der Waals surface area contributed by atoms with Crippen LogP contribution in [0.1, 0.15) is 56.1 Å². The Hall–Kier alpha value is -3.61. The quantitative estimate of drug-likeness (QED) is 0.511. The van der Waals surface area contributed by atoms with Crippen LogP contribution in [0.5, 0.6) is 0 Å². The maximum atomic E-state index is 13.4. The lowest BCUT2D eigenvalue weighted by Crippen LogP contribution is -2.58.